The molecule has 0 aromatic heterocycles. The molecule has 0 saturated heterocycles. The molecule has 1 amide bonds. The van der Waals surface area contributed by atoms with Gasteiger partial charge < -0.3 is 19.9 Å². The minimum atomic E-state index is 0. The molecule has 3 rings (SSSR count). The van der Waals surface area contributed by atoms with Crippen LogP contribution >= 0.6 is 24.0 Å². The van der Waals surface area contributed by atoms with Gasteiger partial charge in [0.25, 0.3) is 0 Å². The molecule has 2 aromatic rings. The molecule has 0 fully saturated rings. The standard InChI is InChI=1S/C21H26N4O2.HI/c1-22-21(24(2)14-15-27-18-9-4-3-5-10-18)23-16-20(26)25-13-12-17-8-6-7-11-19(17)25;/h3-11H,12-16H2,1-2H3,(H,22,23);1H. The average molecular weight is 494 g/mol. The van der Waals surface area contributed by atoms with Crippen LogP contribution in [0.4, 0.5) is 5.69 Å². The Kier molecular flexibility index (Phi) is 8.56. The van der Waals surface area contributed by atoms with E-state index in [-0.39, 0.29) is 36.4 Å². The second kappa shape index (κ2) is 10.9. The smallest absolute Gasteiger partial charge is 0.246 e. The van der Waals surface area contributed by atoms with Crippen molar-refractivity contribution in [3.63, 3.8) is 0 Å². The summed E-state index contributed by atoms with van der Waals surface area (Å²) in [4.78, 5) is 20.7. The largest absolute Gasteiger partial charge is 0.492 e. The second-order valence-electron chi connectivity index (χ2n) is 6.41. The van der Waals surface area contributed by atoms with E-state index >= 15 is 0 Å². The van der Waals surface area contributed by atoms with Gasteiger partial charge in [0.15, 0.2) is 5.96 Å². The van der Waals surface area contributed by atoms with Crippen molar-refractivity contribution < 1.29 is 9.53 Å². The first kappa shape index (κ1) is 22.0. The fourth-order valence-electron chi connectivity index (χ4n) is 3.16. The molecule has 0 saturated carbocycles. The number of rotatable bonds is 6. The van der Waals surface area contributed by atoms with E-state index < -0.39 is 0 Å². The van der Waals surface area contributed by atoms with Crippen LogP contribution in [0.15, 0.2) is 59.6 Å². The number of ether oxygens (including phenoxy) is 1. The summed E-state index contributed by atoms with van der Waals surface area (Å²) in [6.45, 7) is 2.15. The van der Waals surface area contributed by atoms with Crippen LogP contribution in [0.2, 0.25) is 0 Å². The van der Waals surface area contributed by atoms with E-state index in [2.05, 4.69) is 16.4 Å². The van der Waals surface area contributed by atoms with Gasteiger partial charge in [0.2, 0.25) is 5.91 Å². The van der Waals surface area contributed by atoms with Crippen LogP contribution in [0.1, 0.15) is 5.56 Å². The van der Waals surface area contributed by atoms with Crippen molar-refractivity contribution in [3.8, 4) is 5.75 Å². The monoisotopic (exact) mass is 494 g/mol. The number of benzene rings is 2. The Morgan fingerprint density at radius 1 is 1.18 bits per heavy atom. The number of carbonyl (C=O) groups excluding carboxylic acids is 1. The highest BCUT2D eigenvalue weighted by molar-refractivity contribution is 14.0. The number of amides is 1. The summed E-state index contributed by atoms with van der Waals surface area (Å²) in [7, 11) is 3.64. The van der Waals surface area contributed by atoms with E-state index in [9.17, 15) is 4.79 Å². The highest BCUT2D eigenvalue weighted by Gasteiger charge is 2.24. The number of nitrogens with zero attached hydrogens (tertiary/aromatic N) is 3. The molecule has 28 heavy (non-hydrogen) atoms. The van der Waals surface area contributed by atoms with Crippen molar-refractivity contribution in [2.45, 2.75) is 6.42 Å². The normalized spacial score (nSPS) is 12.8. The van der Waals surface area contributed by atoms with Gasteiger partial charge in [-0.1, -0.05) is 36.4 Å². The molecule has 7 heteroatoms. The summed E-state index contributed by atoms with van der Waals surface area (Å²) in [5.74, 6) is 1.57. The zero-order valence-corrected chi connectivity index (χ0v) is 18.6. The first-order valence-corrected chi connectivity index (χ1v) is 9.17. The van der Waals surface area contributed by atoms with Crippen molar-refractivity contribution in [2.24, 2.45) is 4.99 Å². The third-order valence-corrected chi connectivity index (χ3v) is 4.60. The average Bonchev–Trinajstić information content (AvgIpc) is 3.13. The molecule has 6 nitrogen and oxygen atoms in total. The Morgan fingerprint density at radius 2 is 1.89 bits per heavy atom. The van der Waals surface area contributed by atoms with Crippen molar-refractivity contribution in [2.75, 3.05) is 45.2 Å². The fraction of sp³-hybridized carbons (Fsp3) is 0.333. The number of likely N-dealkylation sites (N-methyl/N-ethyl adjacent to an activating group) is 1. The van der Waals surface area contributed by atoms with Crippen LogP contribution in [0.5, 0.6) is 5.75 Å². The molecule has 0 bridgehead atoms. The molecule has 1 heterocycles. The van der Waals surface area contributed by atoms with E-state index in [4.69, 9.17) is 4.74 Å². The Hall–Kier alpha value is -2.29. The first-order chi connectivity index (χ1) is 13.2. The van der Waals surface area contributed by atoms with Crippen LogP contribution < -0.4 is 15.0 Å². The summed E-state index contributed by atoms with van der Waals surface area (Å²) in [5.41, 5.74) is 2.24. The van der Waals surface area contributed by atoms with E-state index in [0.717, 1.165) is 24.4 Å². The van der Waals surface area contributed by atoms with Gasteiger partial charge in [-0.05, 0) is 30.2 Å². The van der Waals surface area contributed by atoms with Gasteiger partial charge in [-0.15, -0.1) is 24.0 Å². The number of hydrogen-bond donors (Lipinski definition) is 1. The van der Waals surface area contributed by atoms with Crippen molar-refractivity contribution >= 4 is 41.5 Å². The SMILES string of the molecule is CN=C(NCC(=O)N1CCc2ccccc21)N(C)CCOc1ccccc1.I. The van der Waals surface area contributed by atoms with Crippen LogP contribution in [0, 0.1) is 0 Å². The van der Waals surface area contributed by atoms with Gasteiger partial charge >= 0.3 is 0 Å². The quantitative estimate of drug-likeness (QED) is 0.382. The molecule has 0 spiro atoms. The molecule has 0 radical (unpaired) electrons. The highest BCUT2D eigenvalue weighted by atomic mass is 127. The third kappa shape index (κ3) is 5.60. The Morgan fingerprint density at radius 3 is 2.64 bits per heavy atom. The summed E-state index contributed by atoms with van der Waals surface area (Å²) in [6.07, 6.45) is 0.910. The Balaban J connectivity index is 0.00000280. The number of carbonyl (C=O) groups is 1. The Bertz CT molecular complexity index is 798. The second-order valence-corrected chi connectivity index (χ2v) is 6.41. The number of guanidine groups is 1. The number of halogens is 1. The molecular formula is C21H27IN4O2. The van der Waals surface area contributed by atoms with Crippen LogP contribution in [0.3, 0.4) is 0 Å². The third-order valence-electron chi connectivity index (χ3n) is 4.60. The lowest BCUT2D eigenvalue weighted by Crippen LogP contribution is -2.46. The minimum absolute atomic E-state index is 0. The lowest BCUT2D eigenvalue weighted by molar-refractivity contribution is -0.117. The van der Waals surface area contributed by atoms with Crippen molar-refractivity contribution in [1.29, 1.82) is 0 Å². The lowest BCUT2D eigenvalue weighted by atomic mass is 10.2. The zero-order chi connectivity index (χ0) is 19.1. The molecular weight excluding hydrogens is 467 g/mol. The zero-order valence-electron chi connectivity index (χ0n) is 16.3. The van der Waals surface area contributed by atoms with Crippen molar-refractivity contribution in [1.82, 2.24) is 10.2 Å². The van der Waals surface area contributed by atoms with Crippen LogP contribution in [-0.4, -0.2) is 57.1 Å². The number of fused-ring (bicyclic) bond motifs is 1. The minimum Gasteiger partial charge on any atom is -0.492 e. The lowest BCUT2D eigenvalue weighted by Gasteiger charge is -2.23. The van der Waals surface area contributed by atoms with E-state index in [1.54, 1.807) is 7.05 Å². The molecule has 1 aliphatic heterocycles. The number of hydrogen-bond acceptors (Lipinski definition) is 3. The van der Waals surface area contributed by atoms with Gasteiger partial charge in [0.1, 0.15) is 12.4 Å². The molecule has 1 N–H and O–H groups in total. The summed E-state index contributed by atoms with van der Waals surface area (Å²) < 4.78 is 5.72. The van der Waals surface area contributed by atoms with E-state index in [0.29, 0.717) is 19.1 Å². The van der Waals surface area contributed by atoms with E-state index in [1.165, 1.54) is 5.56 Å². The predicted octanol–water partition coefficient (Wildman–Crippen LogP) is 2.78. The molecule has 0 unspecified atom stereocenters. The molecule has 1 aliphatic rings. The van der Waals surface area contributed by atoms with Gasteiger partial charge in [-0.3, -0.25) is 9.79 Å². The Labute approximate surface area is 183 Å². The molecule has 0 aliphatic carbocycles. The van der Waals surface area contributed by atoms with Gasteiger partial charge in [-0.25, -0.2) is 0 Å². The maximum absolute atomic E-state index is 12.6. The maximum atomic E-state index is 12.6. The number of para-hydroxylation sites is 2. The number of nitrogens with one attached hydrogen (secondary N) is 1. The summed E-state index contributed by atoms with van der Waals surface area (Å²) in [5, 5.41) is 3.15. The van der Waals surface area contributed by atoms with Crippen molar-refractivity contribution in [3.05, 3.63) is 60.2 Å². The van der Waals surface area contributed by atoms with E-state index in [1.807, 2.05) is 65.4 Å². The molecule has 150 valence electrons. The topological polar surface area (TPSA) is 57.2 Å². The molecule has 2 aromatic carbocycles. The maximum Gasteiger partial charge on any atom is 0.246 e. The summed E-state index contributed by atoms with van der Waals surface area (Å²) in [6, 6.07) is 17.8. The van der Waals surface area contributed by atoms with Crippen LogP contribution in [0.25, 0.3) is 0 Å². The summed E-state index contributed by atoms with van der Waals surface area (Å²) >= 11 is 0. The molecule has 0 atom stereocenters. The predicted molar refractivity (Wildman–Crippen MR) is 124 cm³/mol. The van der Waals surface area contributed by atoms with Gasteiger partial charge in [0, 0.05) is 26.3 Å². The first-order valence-electron chi connectivity index (χ1n) is 9.17. The number of aliphatic imine (C=N–C) groups is 1. The van der Waals surface area contributed by atoms with Gasteiger partial charge in [-0.2, -0.15) is 0 Å². The van der Waals surface area contributed by atoms with Crippen LogP contribution in [-0.2, 0) is 11.2 Å². The van der Waals surface area contributed by atoms with Gasteiger partial charge in [0.05, 0.1) is 13.1 Å². The number of anilines is 1. The fourth-order valence-corrected chi connectivity index (χ4v) is 3.16. The highest BCUT2D eigenvalue weighted by Crippen LogP contribution is 2.27.